The standard InChI is InChI=1S/C22H23F4N3O2/c1-14(2)27-21(30)29(12-15-5-3-7-17(9-15)22(24,25)26)13-19-11-20(28-31-19)16-6-4-8-18(23)10-16/h3-10,14,19H,11-13H2,1-2H3,(H,27,30). The minimum absolute atomic E-state index is 0.0301. The lowest BCUT2D eigenvalue weighted by atomic mass is 10.0. The van der Waals surface area contributed by atoms with E-state index in [9.17, 15) is 22.4 Å². The molecular formula is C22H23F4N3O2. The van der Waals surface area contributed by atoms with Crippen LogP contribution in [0.15, 0.2) is 53.7 Å². The Morgan fingerprint density at radius 1 is 1.23 bits per heavy atom. The Labute approximate surface area is 177 Å². The quantitative estimate of drug-likeness (QED) is 0.650. The zero-order valence-electron chi connectivity index (χ0n) is 17.1. The van der Waals surface area contributed by atoms with Gasteiger partial charge in [0, 0.05) is 24.6 Å². The molecule has 0 saturated carbocycles. The average molecular weight is 437 g/mol. The molecule has 1 aliphatic heterocycles. The van der Waals surface area contributed by atoms with E-state index in [-0.39, 0.29) is 19.1 Å². The number of oxime groups is 1. The maximum absolute atomic E-state index is 13.5. The first-order valence-electron chi connectivity index (χ1n) is 9.82. The molecular weight excluding hydrogens is 414 g/mol. The molecule has 0 aliphatic carbocycles. The molecule has 0 fully saturated rings. The molecule has 1 atom stereocenters. The number of benzene rings is 2. The second-order valence-electron chi connectivity index (χ2n) is 7.66. The van der Waals surface area contributed by atoms with Crippen LogP contribution in [0.5, 0.6) is 0 Å². The van der Waals surface area contributed by atoms with Crippen LogP contribution in [0.1, 0.15) is 37.0 Å². The van der Waals surface area contributed by atoms with Gasteiger partial charge < -0.3 is 15.1 Å². The lowest BCUT2D eigenvalue weighted by Gasteiger charge is -2.26. The SMILES string of the molecule is CC(C)NC(=O)N(Cc1cccc(C(F)(F)F)c1)CC1CC(c2cccc(F)c2)=NO1. The highest BCUT2D eigenvalue weighted by molar-refractivity contribution is 6.01. The second kappa shape index (κ2) is 9.36. The van der Waals surface area contributed by atoms with E-state index in [4.69, 9.17) is 4.84 Å². The van der Waals surface area contributed by atoms with Crippen LogP contribution < -0.4 is 5.32 Å². The van der Waals surface area contributed by atoms with Crippen LogP contribution in [0.2, 0.25) is 0 Å². The van der Waals surface area contributed by atoms with Gasteiger partial charge in [-0.3, -0.25) is 0 Å². The normalized spacial score (nSPS) is 16.1. The third kappa shape index (κ3) is 6.19. The van der Waals surface area contributed by atoms with Gasteiger partial charge >= 0.3 is 12.2 Å². The van der Waals surface area contributed by atoms with Gasteiger partial charge in [0.05, 0.1) is 17.8 Å². The van der Waals surface area contributed by atoms with E-state index >= 15 is 0 Å². The number of hydrogen-bond acceptors (Lipinski definition) is 3. The number of carbonyl (C=O) groups is 1. The average Bonchev–Trinajstić information content (AvgIpc) is 3.15. The smallest absolute Gasteiger partial charge is 0.390 e. The molecule has 2 amide bonds. The van der Waals surface area contributed by atoms with Crippen LogP contribution in [-0.2, 0) is 17.6 Å². The number of alkyl halides is 3. The van der Waals surface area contributed by atoms with Crippen LogP contribution in [0.25, 0.3) is 0 Å². The second-order valence-corrected chi connectivity index (χ2v) is 7.66. The van der Waals surface area contributed by atoms with E-state index in [1.54, 1.807) is 26.0 Å². The molecule has 3 rings (SSSR count). The summed E-state index contributed by atoms with van der Waals surface area (Å²) in [4.78, 5) is 19.5. The molecule has 31 heavy (non-hydrogen) atoms. The molecule has 1 N–H and O–H groups in total. The number of urea groups is 1. The number of hydrogen-bond donors (Lipinski definition) is 1. The molecule has 5 nitrogen and oxygen atoms in total. The Balaban J connectivity index is 1.72. The number of nitrogens with zero attached hydrogens (tertiary/aromatic N) is 2. The van der Waals surface area contributed by atoms with Gasteiger partial charge in [-0.15, -0.1) is 0 Å². The number of amides is 2. The molecule has 166 valence electrons. The largest absolute Gasteiger partial charge is 0.416 e. The first-order valence-corrected chi connectivity index (χ1v) is 9.82. The first kappa shape index (κ1) is 22.6. The number of nitrogens with one attached hydrogen (secondary N) is 1. The van der Waals surface area contributed by atoms with Crippen molar-refractivity contribution in [2.45, 2.75) is 45.1 Å². The minimum Gasteiger partial charge on any atom is -0.390 e. The van der Waals surface area contributed by atoms with Crippen molar-refractivity contribution in [1.82, 2.24) is 10.2 Å². The summed E-state index contributed by atoms with van der Waals surface area (Å²) in [5.41, 5.74) is 0.701. The van der Waals surface area contributed by atoms with Gasteiger partial charge in [-0.25, -0.2) is 9.18 Å². The fourth-order valence-electron chi connectivity index (χ4n) is 3.23. The van der Waals surface area contributed by atoms with E-state index in [1.165, 1.54) is 29.2 Å². The molecule has 1 heterocycles. The zero-order valence-corrected chi connectivity index (χ0v) is 17.1. The van der Waals surface area contributed by atoms with Crippen molar-refractivity contribution < 1.29 is 27.2 Å². The maximum Gasteiger partial charge on any atom is 0.416 e. The highest BCUT2D eigenvalue weighted by Crippen LogP contribution is 2.30. The summed E-state index contributed by atoms with van der Waals surface area (Å²) in [7, 11) is 0. The van der Waals surface area contributed by atoms with Gasteiger partial charge in [-0.05, 0) is 43.7 Å². The van der Waals surface area contributed by atoms with Crippen molar-refractivity contribution >= 4 is 11.7 Å². The van der Waals surface area contributed by atoms with Crippen LogP contribution in [0, 0.1) is 5.82 Å². The van der Waals surface area contributed by atoms with Crippen molar-refractivity contribution in [2.24, 2.45) is 5.16 Å². The van der Waals surface area contributed by atoms with Gasteiger partial charge in [0.25, 0.3) is 0 Å². The van der Waals surface area contributed by atoms with E-state index in [2.05, 4.69) is 10.5 Å². The van der Waals surface area contributed by atoms with Gasteiger partial charge in [-0.1, -0.05) is 29.4 Å². The number of rotatable bonds is 6. The fraction of sp³-hybridized carbons (Fsp3) is 0.364. The zero-order chi connectivity index (χ0) is 22.6. The Morgan fingerprint density at radius 2 is 1.97 bits per heavy atom. The summed E-state index contributed by atoms with van der Waals surface area (Å²) < 4.78 is 52.6. The van der Waals surface area contributed by atoms with E-state index < -0.39 is 29.7 Å². The predicted octanol–water partition coefficient (Wildman–Crippen LogP) is 4.96. The van der Waals surface area contributed by atoms with Crippen molar-refractivity contribution in [2.75, 3.05) is 6.54 Å². The maximum atomic E-state index is 13.5. The summed E-state index contributed by atoms with van der Waals surface area (Å²) >= 11 is 0. The van der Waals surface area contributed by atoms with Gasteiger partial charge in [-0.2, -0.15) is 13.2 Å². The molecule has 1 aliphatic rings. The predicted molar refractivity (Wildman–Crippen MR) is 108 cm³/mol. The third-order valence-electron chi connectivity index (χ3n) is 4.64. The van der Waals surface area contributed by atoms with Gasteiger partial charge in [0.1, 0.15) is 5.82 Å². The lowest BCUT2D eigenvalue weighted by Crippen LogP contribution is -2.45. The summed E-state index contributed by atoms with van der Waals surface area (Å²) in [6, 6.07) is 10.2. The summed E-state index contributed by atoms with van der Waals surface area (Å²) in [5, 5.41) is 6.75. The molecule has 0 aromatic heterocycles. The summed E-state index contributed by atoms with van der Waals surface area (Å²) in [6.07, 6.45) is -4.62. The highest BCUT2D eigenvalue weighted by Gasteiger charge is 2.31. The summed E-state index contributed by atoms with van der Waals surface area (Å²) in [6.45, 7) is 3.66. The van der Waals surface area contributed by atoms with Crippen molar-refractivity contribution in [1.29, 1.82) is 0 Å². The molecule has 1 unspecified atom stereocenters. The van der Waals surface area contributed by atoms with Crippen LogP contribution >= 0.6 is 0 Å². The van der Waals surface area contributed by atoms with Crippen molar-refractivity contribution in [3.63, 3.8) is 0 Å². The van der Waals surface area contributed by atoms with Crippen molar-refractivity contribution in [3.05, 3.63) is 71.0 Å². The molecule has 0 bridgehead atoms. The Bertz CT molecular complexity index is 960. The third-order valence-corrected chi connectivity index (χ3v) is 4.64. The first-order chi connectivity index (χ1) is 14.6. The molecule has 0 spiro atoms. The van der Waals surface area contributed by atoms with Crippen LogP contribution in [0.4, 0.5) is 22.4 Å². The molecule has 0 saturated heterocycles. The molecule has 2 aromatic rings. The Hall–Kier alpha value is -3.10. The topological polar surface area (TPSA) is 53.9 Å². The van der Waals surface area contributed by atoms with E-state index in [0.717, 1.165) is 12.1 Å². The van der Waals surface area contributed by atoms with Crippen LogP contribution in [-0.4, -0.2) is 35.3 Å². The lowest BCUT2D eigenvalue weighted by molar-refractivity contribution is -0.137. The minimum atomic E-state index is -4.47. The number of carbonyl (C=O) groups excluding carboxylic acids is 1. The fourth-order valence-corrected chi connectivity index (χ4v) is 3.23. The number of halogens is 4. The van der Waals surface area contributed by atoms with Crippen LogP contribution in [0.3, 0.4) is 0 Å². The van der Waals surface area contributed by atoms with E-state index in [0.29, 0.717) is 23.3 Å². The Morgan fingerprint density at radius 3 is 2.65 bits per heavy atom. The van der Waals surface area contributed by atoms with E-state index in [1.807, 2.05) is 0 Å². The summed E-state index contributed by atoms with van der Waals surface area (Å²) in [5.74, 6) is -0.397. The molecule has 2 aromatic carbocycles. The molecule has 0 radical (unpaired) electrons. The monoisotopic (exact) mass is 437 g/mol. The van der Waals surface area contributed by atoms with Gasteiger partial charge in [0.15, 0.2) is 6.10 Å². The molecule has 9 heteroatoms. The highest BCUT2D eigenvalue weighted by atomic mass is 19.4. The van der Waals surface area contributed by atoms with Crippen molar-refractivity contribution in [3.8, 4) is 0 Å². The Kier molecular flexibility index (Phi) is 6.82. The van der Waals surface area contributed by atoms with Gasteiger partial charge in [0.2, 0.25) is 0 Å².